The number of halogens is 1. The molecule has 0 radical (unpaired) electrons. The third-order valence-corrected chi connectivity index (χ3v) is 4.29. The van der Waals surface area contributed by atoms with Crippen molar-refractivity contribution < 1.29 is 14.3 Å². The lowest BCUT2D eigenvalue weighted by Crippen LogP contribution is -2.17. The Morgan fingerprint density at radius 3 is 2.86 bits per heavy atom. The van der Waals surface area contributed by atoms with E-state index in [9.17, 15) is 4.79 Å². The number of rotatable bonds is 5. The Labute approximate surface area is 140 Å². The van der Waals surface area contributed by atoms with Gasteiger partial charge >= 0.3 is 0 Å². The number of methoxy groups -OCH3 is 1. The predicted octanol–water partition coefficient (Wildman–Crippen LogP) is 3.51. The Bertz CT molecular complexity index is 643. The standard InChI is InChI=1S/C14H12BrNO3S2/c1-3-4-19-12-9(15)5-8(6-10(12)18-2)7-11-13(17)16-14(20)21-11/h3,5-7H,1,4H2,2H3,(H,16,17,20)/b11-7-. The molecule has 2 rings (SSSR count). The van der Waals surface area contributed by atoms with Crippen molar-refractivity contribution in [2.24, 2.45) is 0 Å². The van der Waals surface area contributed by atoms with E-state index in [1.165, 1.54) is 11.8 Å². The van der Waals surface area contributed by atoms with E-state index in [-0.39, 0.29) is 5.91 Å². The third kappa shape index (κ3) is 3.87. The molecule has 1 fully saturated rings. The molecule has 0 unspecified atom stereocenters. The van der Waals surface area contributed by atoms with E-state index in [0.29, 0.717) is 27.3 Å². The summed E-state index contributed by atoms with van der Waals surface area (Å²) in [5, 5.41) is 2.58. The molecule has 0 bridgehead atoms. The van der Waals surface area contributed by atoms with Crippen molar-refractivity contribution in [2.45, 2.75) is 0 Å². The molecule has 0 atom stereocenters. The summed E-state index contributed by atoms with van der Waals surface area (Å²) in [6.45, 7) is 3.99. The van der Waals surface area contributed by atoms with Crippen molar-refractivity contribution in [1.29, 1.82) is 0 Å². The minimum atomic E-state index is -0.188. The Morgan fingerprint density at radius 2 is 2.29 bits per heavy atom. The van der Waals surface area contributed by atoms with E-state index < -0.39 is 0 Å². The maximum Gasteiger partial charge on any atom is 0.263 e. The molecule has 0 aromatic heterocycles. The summed E-state index contributed by atoms with van der Waals surface area (Å²) in [7, 11) is 1.56. The van der Waals surface area contributed by atoms with E-state index in [1.54, 1.807) is 25.3 Å². The van der Waals surface area contributed by atoms with Crippen LogP contribution in [-0.2, 0) is 4.79 Å². The number of carbonyl (C=O) groups is 1. The first-order valence-electron chi connectivity index (χ1n) is 5.91. The molecule has 1 aliphatic rings. The van der Waals surface area contributed by atoms with Gasteiger partial charge in [-0.15, -0.1) is 0 Å². The SMILES string of the molecule is C=CCOc1c(Br)cc(/C=C2\SC(=S)NC2=O)cc1OC. The number of benzene rings is 1. The molecule has 7 heteroatoms. The first-order chi connectivity index (χ1) is 10.0. The largest absolute Gasteiger partial charge is 0.493 e. The van der Waals surface area contributed by atoms with Crippen LogP contribution >= 0.6 is 39.9 Å². The van der Waals surface area contributed by atoms with Gasteiger partial charge in [-0.3, -0.25) is 4.79 Å². The van der Waals surface area contributed by atoms with Gasteiger partial charge in [-0.1, -0.05) is 36.6 Å². The van der Waals surface area contributed by atoms with Gasteiger partial charge < -0.3 is 14.8 Å². The number of carbonyl (C=O) groups excluding carboxylic acids is 1. The molecule has 1 heterocycles. The lowest BCUT2D eigenvalue weighted by atomic mass is 10.2. The summed E-state index contributed by atoms with van der Waals surface area (Å²) >= 11 is 9.64. The maximum atomic E-state index is 11.7. The van der Waals surface area contributed by atoms with E-state index in [4.69, 9.17) is 21.7 Å². The molecule has 1 aromatic carbocycles. The van der Waals surface area contributed by atoms with Crippen LogP contribution < -0.4 is 14.8 Å². The maximum absolute atomic E-state index is 11.7. The quantitative estimate of drug-likeness (QED) is 0.477. The molecule has 0 aliphatic carbocycles. The van der Waals surface area contributed by atoms with Crippen molar-refractivity contribution in [2.75, 3.05) is 13.7 Å². The van der Waals surface area contributed by atoms with Crippen LogP contribution in [0.4, 0.5) is 0 Å². The third-order valence-electron chi connectivity index (χ3n) is 2.54. The van der Waals surface area contributed by atoms with Gasteiger partial charge in [0.25, 0.3) is 5.91 Å². The molecule has 0 saturated carbocycles. The molecule has 21 heavy (non-hydrogen) atoms. The molecule has 1 amide bonds. The minimum absolute atomic E-state index is 0.188. The van der Waals surface area contributed by atoms with Crippen LogP contribution in [0.25, 0.3) is 6.08 Å². The van der Waals surface area contributed by atoms with Gasteiger partial charge in [0.15, 0.2) is 11.5 Å². The molecule has 0 spiro atoms. The van der Waals surface area contributed by atoms with Crippen molar-refractivity contribution in [3.05, 3.63) is 39.7 Å². The van der Waals surface area contributed by atoms with Crippen molar-refractivity contribution in [1.82, 2.24) is 5.32 Å². The lowest BCUT2D eigenvalue weighted by molar-refractivity contribution is -0.115. The van der Waals surface area contributed by atoms with Gasteiger partial charge in [-0.2, -0.15) is 0 Å². The fraction of sp³-hybridized carbons (Fsp3) is 0.143. The molecule has 1 saturated heterocycles. The van der Waals surface area contributed by atoms with Gasteiger partial charge in [0.2, 0.25) is 0 Å². The highest BCUT2D eigenvalue weighted by molar-refractivity contribution is 9.10. The number of thiocarbonyl (C=S) groups is 1. The highest BCUT2D eigenvalue weighted by Gasteiger charge is 2.22. The van der Waals surface area contributed by atoms with Gasteiger partial charge in [0.05, 0.1) is 16.5 Å². The molecule has 1 aliphatic heterocycles. The summed E-state index contributed by atoms with van der Waals surface area (Å²) < 4.78 is 12.1. The first kappa shape index (κ1) is 16.1. The zero-order valence-corrected chi connectivity index (χ0v) is 14.4. The number of ether oxygens (including phenoxy) is 2. The van der Waals surface area contributed by atoms with E-state index >= 15 is 0 Å². The zero-order valence-electron chi connectivity index (χ0n) is 11.1. The summed E-state index contributed by atoms with van der Waals surface area (Å²) in [5.41, 5.74) is 0.812. The van der Waals surface area contributed by atoms with Gasteiger partial charge in [0.1, 0.15) is 10.9 Å². The van der Waals surface area contributed by atoms with Gasteiger partial charge in [-0.05, 0) is 39.7 Å². The fourth-order valence-corrected chi connectivity index (χ4v) is 3.30. The Kier molecular flexibility index (Phi) is 5.44. The van der Waals surface area contributed by atoms with Crippen LogP contribution in [0.3, 0.4) is 0 Å². The topological polar surface area (TPSA) is 47.6 Å². The number of thioether (sulfide) groups is 1. The van der Waals surface area contributed by atoms with E-state index in [0.717, 1.165) is 10.0 Å². The molecular weight excluding hydrogens is 374 g/mol. The molecule has 1 N–H and O–H groups in total. The molecule has 110 valence electrons. The minimum Gasteiger partial charge on any atom is -0.493 e. The van der Waals surface area contributed by atoms with E-state index in [2.05, 4.69) is 27.8 Å². The highest BCUT2D eigenvalue weighted by Crippen LogP contribution is 2.38. The number of amides is 1. The van der Waals surface area contributed by atoms with Crippen LogP contribution in [0.2, 0.25) is 0 Å². The van der Waals surface area contributed by atoms with Crippen LogP contribution in [0.5, 0.6) is 11.5 Å². The van der Waals surface area contributed by atoms with Gasteiger partial charge in [-0.25, -0.2) is 0 Å². The molecular formula is C14H12BrNO3S2. The smallest absolute Gasteiger partial charge is 0.263 e. The monoisotopic (exact) mass is 385 g/mol. The second-order valence-electron chi connectivity index (χ2n) is 3.99. The van der Waals surface area contributed by atoms with Crippen LogP contribution in [0.1, 0.15) is 5.56 Å². The molecule has 1 aromatic rings. The first-order valence-corrected chi connectivity index (χ1v) is 7.93. The van der Waals surface area contributed by atoms with Crippen molar-refractivity contribution >= 4 is 56.2 Å². The Morgan fingerprint density at radius 1 is 1.52 bits per heavy atom. The Balaban J connectivity index is 2.36. The number of hydrogen-bond donors (Lipinski definition) is 1. The number of hydrogen-bond acceptors (Lipinski definition) is 5. The van der Waals surface area contributed by atoms with E-state index in [1.807, 2.05) is 6.07 Å². The summed E-state index contributed by atoms with van der Waals surface area (Å²) in [4.78, 5) is 12.2. The lowest BCUT2D eigenvalue weighted by Gasteiger charge is -2.12. The Hall–Kier alpha value is -1.31. The van der Waals surface area contributed by atoms with Crippen LogP contribution in [0, 0.1) is 0 Å². The molecule has 4 nitrogen and oxygen atoms in total. The van der Waals surface area contributed by atoms with Crippen LogP contribution in [0.15, 0.2) is 34.2 Å². The summed E-state index contributed by atoms with van der Waals surface area (Å²) in [6, 6.07) is 3.65. The summed E-state index contributed by atoms with van der Waals surface area (Å²) in [5.74, 6) is 0.981. The second-order valence-corrected chi connectivity index (χ2v) is 6.56. The van der Waals surface area contributed by atoms with Gasteiger partial charge in [0, 0.05) is 0 Å². The average molecular weight is 386 g/mol. The average Bonchev–Trinajstić information content (AvgIpc) is 2.75. The van der Waals surface area contributed by atoms with Crippen molar-refractivity contribution in [3.8, 4) is 11.5 Å². The van der Waals surface area contributed by atoms with Crippen LogP contribution in [-0.4, -0.2) is 23.9 Å². The predicted molar refractivity (Wildman–Crippen MR) is 92.7 cm³/mol. The second kappa shape index (κ2) is 7.11. The zero-order chi connectivity index (χ0) is 15.4. The highest BCUT2D eigenvalue weighted by atomic mass is 79.9. The normalized spacial score (nSPS) is 16.0. The van der Waals surface area contributed by atoms with Crippen molar-refractivity contribution in [3.63, 3.8) is 0 Å². The number of nitrogens with one attached hydrogen (secondary N) is 1. The fourth-order valence-electron chi connectivity index (χ4n) is 1.68. The summed E-state index contributed by atoms with van der Waals surface area (Å²) in [6.07, 6.45) is 3.41.